The van der Waals surface area contributed by atoms with Gasteiger partial charge in [-0.3, -0.25) is 9.78 Å². The molecule has 1 heterocycles. The molecule has 2 aromatic carbocycles. The fourth-order valence-corrected chi connectivity index (χ4v) is 6.53. The normalized spacial score (nSPS) is 22.6. The SMILES string of the molecule is C=CC.CCC12CCC(c3ccccc3)CC1CCCc1cc(C(=O)Nc3cccnc3C)ccc12. The van der Waals surface area contributed by atoms with Crippen molar-refractivity contribution in [1.29, 1.82) is 0 Å². The Hall–Kier alpha value is -3.20. The molecule has 1 fully saturated rings. The molecule has 0 saturated heterocycles. The van der Waals surface area contributed by atoms with Gasteiger partial charge in [0.1, 0.15) is 0 Å². The van der Waals surface area contributed by atoms with Gasteiger partial charge in [-0.25, -0.2) is 0 Å². The van der Waals surface area contributed by atoms with Gasteiger partial charge in [0.05, 0.1) is 11.4 Å². The Balaban J connectivity index is 0.000000967. The van der Waals surface area contributed by atoms with E-state index in [1.807, 2.05) is 32.0 Å². The van der Waals surface area contributed by atoms with E-state index in [1.165, 1.54) is 55.2 Å². The van der Waals surface area contributed by atoms with Crippen molar-refractivity contribution < 1.29 is 4.79 Å². The van der Waals surface area contributed by atoms with Crippen molar-refractivity contribution >= 4 is 11.6 Å². The van der Waals surface area contributed by atoms with Gasteiger partial charge < -0.3 is 5.32 Å². The third-order valence-corrected chi connectivity index (χ3v) is 8.35. The molecule has 3 atom stereocenters. The van der Waals surface area contributed by atoms with Crippen LogP contribution in [-0.4, -0.2) is 10.9 Å². The molecule has 0 radical (unpaired) electrons. The molecule has 0 aliphatic heterocycles. The van der Waals surface area contributed by atoms with Gasteiger partial charge in [0.15, 0.2) is 0 Å². The third-order valence-electron chi connectivity index (χ3n) is 8.35. The Morgan fingerprint density at radius 2 is 1.92 bits per heavy atom. The molecule has 3 heteroatoms. The first kappa shape index (κ1) is 25.9. The monoisotopic (exact) mass is 480 g/mol. The van der Waals surface area contributed by atoms with E-state index >= 15 is 0 Å². The highest BCUT2D eigenvalue weighted by Gasteiger charge is 2.45. The van der Waals surface area contributed by atoms with Gasteiger partial charge in [0, 0.05) is 11.8 Å². The Kier molecular flexibility index (Phi) is 8.40. The summed E-state index contributed by atoms with van der Waals surface area (Å²) in [6.45, 7) is 9.54. The van der Waals surface area contributed by atoms with E-state index in [-0.39, 0.29) is 11.3 Å². The molecule has 2 aliphatic carbocycles. The highest BCUT2D eigenvalue weighted by atomic mass is 16.1. The van der Waals surface area contributed by atoms with E-state index in [4.69, 9.17) is 0 Å². The summed E-state index contributed by atoms with van der Waals surface area (Å²) < 4.78 is 0. The van der Waals surface area contributed by atoms with E-state index in [2.05, 4.69) is 66.3 Å². The molecule has 5 rings (SSSR count). The van der Waals surface area contributed by atoms with Gasteiger partial charge in [0.2, 0.25) is 0 Å². The molecule has 188 valence electrons. The van der Waals surface area contributed by atoms with Crippen LogP contribution >= 0.6 is 0 Å². The van der Waals surface area contributed by atoms with Crippen LogP contribution in [0.2, 0.25) is 0 Å². The molecule has 1 aromatic heterocycles. The van der Waals surface area contributed by atoms with E-state index < -0.39 is 0 Å². The second-order valence-corrected chi connectivity index (χ2v) is 10.4. The highest BCUT2D eigenvalue weighted by molar-refractivity contribution is 6.04. The number of amides is 1. The lowest BCUT2D eigenvalue weighted by Crippen LogP contribution is -2.39. The van der Waals surface area contributed by atoms with Crippen molar-refractivity contribution in [2.24, 2.45) is 5.92 Å². The standard InChI is InChI=1S/C30H34N2O.C3H6/c1-3-30-17-16-23(22-9-5-4-6-10-22)20-26(30)12-7-11-24-19-25(14-15-27(24)30)29(33)32-28-13-8-18-31-21(28)2;1-3-2/h4-6,8-10,13-15,18-19,23,26H,3,7,11-12,16-17,20H2,1-2H3,(H,32,33);3H,1H2,2H3. The van der Waals surface area contributed by atoms with Crippen LogP contribution in [0.5, 0.6) is 0 Å². The minimum Gasteiger partial charge on any atom is -0.320 e. The Morgan fingerprint density at radius 3 is 2.64 bits per heavy atom. The van der Waals surface area contributed by atoms with Crippen LogP contribution < -0.4 is 5.32 Å². The molecule has 1 saturated carbocycles. The lowest BCUT2D eigenvalue weighted by atomic mass is 9.57. The summed E-state index contributed by atoms with van der Waals surface area (Å²) in [6, 6.07) is 21.4. The average molecular weight is 481 g/mol. The van der Waals surface area contributed by atoms with Gasteiger partial charge in [0.25, 0.3) is 5.91 Å². The first-order chi connectivity index (χ1) is 17.5. The first-order valence-electron chi connectivity index (χ1n) is 13.5. The summed E-state index contributed by atoms with van der Waals surface area (Å²) in [5.74, 6) is 1.33. The zero-order chi connectivity index (χ0) is 25.5. The Morgan fingerprint density at radius 1 is 1.14 bits per heavy atom. The quantitative estimate of drug-likeness (QED) is 0.381. The maximum absolute atomic E-state index is 13.0. The van der Waals surface area contributed by atoms with Gasteiger partial charge in [-0.05, 0) is 117 Å². The van der Waals surface area contributed by atoms with Crippen molar-refractivity contribution in [2.75, 3.05) is 5.32 Å². The van der Waals surface area contributed by atoms with Crippen LogP contribution in [0.4, 0.5) is 5.69 Å². The molecule has 1 N–H and O–H groups in total. The number of pyridine rings is 1. The molecular weight excluding hydrogens is 440 g/mol. The number of benzene rings is 2. The molecule has 36 heavy (non-hydrogen) atoms. The molecule has 3 nitrogen and oxygen atoms in total. The predicted octanol–water partition coefficient (Wildman–Crippen LogP) is 8.40. The van der Waals surface area contributed by atoms with Crippen molar-refractivity contribution in [3.05, 3.63) is 107 Å². The third kappa shape index (κ3) is 5.31. The number of aryl methyl sites for hydroxylation is 2. The average Bonchev–Trinajstić information content (AvgIpc) is 3.07. The highest BCUT2D eigenvalue weighted by Crippen LogP contribution is 2.54. The molecule has 3 aromatic rings. The van der Waals surface area contributed by atoms with Gasteiger partial charge in [-0.15, -0.1) is 6.58 Å². The van der Waals surface area contributed by atoms with Gasteiger partial charge in [-0.2, -0.15) is 0 Å². The van der Waals surface area contributed by atoms with Crippen LogP contribution in [0, 0.1) is 12.8 Å². The second kappa shape index (κ2) is 11.7. The Bertz CT molecular complexity index is 1190. The second-order valence-electron chi connectivity index (χ2n) is 10.4. The van der Waals surface area contributed by atoms with Crippen LogP contribution in [0.1, 0.15) is 91.0 Å². The topological polar surface area (TPSA) is 42.0 Å². The van der Waals surface area contributed by atoms with E-state index in [0.29, 0.717) is 11.8 Å². The predicted molar refractivity (Wildman–Crippen MR) is 151 cm³/mol. The number of carbonyl (C=O) groups excluding carboxylic acids is 1. The maximum Gasteiger partial charge on any atom is 0.255 e. The molecule has 2 aliphatic rings. The number of anilines is 1. The summed E-state index contributed by atoms with van der Waals surface area (Å²) in [7, 11) is 0. The number of rotatable bonds is 4. The van der Waals surface area contributed by atoms with Crippen molar-refractivity contribution in [1.82, 2.24) is 4.98 Å². The maximum atomic E-state index is 13.0. The molecular formula is C33H40N2O. The zero-order valence-electron chi connectivity index (χ0n) is 22.1. The number of allylic oxidation sites excluding steroid dienone is 1. The fourth-order valence-electron chi connectivity index (χ4n) is 6.53. The fraction of sp³-hybridized carbons (Fsp3) is 0.394. The summed E-state index contributed by atoms with van der Waals surface area (Å²) in [5, 5.41) is 3.05. The smallest absolute Gasteiger partial charge is 0.255 e. The number of hydrogen-bond donors (Lipinski definition) is 1. The molecule has 1 amide bonds. The lowest BCUT2D eigenvalue weighted by Gasteiger charge is -2.47. The minimum absolute atomic E-state index is 0.0481. The van der Waals surface area contributed by atoms with Gasteiger partial charge in [-0.1, -0.05) is 49.4 Å². The Labute approximate surface area is 217 Å². The van der Waals surface area contributed by atoms with Crippen LogP contribution in [0.15, 0.2) is 79.5 Å². The number of aromatic nitrogens is 1. The summed E-state index contributed by atoms with van der Waals surface area (Å²) in [4.78, 5) is 17.3. The van der Waals surface area contributed by atoms with Crippen LogP contribution in [-0.2, 0) is 11.8 Å². The van der Waals surface area contributed by atoms with E-state index in [9.17, 15) is 4.79 Å². The summed E-state index contributed by atoms with van der Waals surface area (Å²) in [6.07, 6.45) is 12.0. The number of nitrogens with zero attached hydrogens (tertiary/aromatic N) is 1. The molecule has 3 unspecified atom stereocenters. The molecule has 0 spiro atoms. The van der Waals surface area contributed by atoms with Gasteiger partial charge >= 0.3 is 0 Å². The summed E-state index contributed by atoms with van der Waals surface area (Å²) >= 11 is 0. The number of carbonyl (C=O) groups is 1. The summed E-state index contributed by atoms with van der Waals surface area (Å²) in [5.41, 5.74) is 7.00. The van der Waals surface area contributed by atoms with E-state index in [0.717, 1.165) is 23.4 Å². The number of fused-ring (bicyclic) bond motifs is 3. The van der Waals surface area contributed by atoms with Crippen molar-refractivity contribution in [3.8, 4) is 0 Å². The van der Waals surface area contributed by atoms with Crippen molar-refractivity contribution in [2.45, 2.75) is 77.0 Å². The number of nitrogens with one attached hydrogen (secondary N) is 1. The van der Waals surface area contributed by atoms with E-state index in [1.54, 1.807) is 12.3 Å². The molecule has 0 bridgehead atoms. The minimum atomic E-state index is -0.0481. The zero-order valence-corrected chi connectivity index (χ0v) is 22.1. The largest absolute Gasteiger partial charge is 0.320 e. The van der Waals surface area contributed by atoms with Crippen LogP contribution in [0.3, 0.4) is 0 Å². The number of hydrogen-bond acceptors (Lipinski definition) is 2. The van der Waals surface area contributed by atoms with Crippen LogP contribution in [0.25, 0.3) is 0 Å². The van der Waals surface area contributed by atoms with Crippen molar-refractivity contribution in [3.63, 3.8) is 0 Å². The first-order valence-corrected chi connectivity index (χ1v) is 13.5. The lowest BCUT2D eigenvalue weighted by molar-refractivity contribution is 0.102.